The van der Waals surface area contributed by atoms with Crippen LogP contribution in [0.15, 0.2) is 18.2 Å². The fourth-order valence-corrected chi connectivity index (χ4v) is 3.43. The molecule has 1 aliphatic carbocycles. The number of benzene rings is 1. The summed E-state index contributed by atoms with van der Waals surface area (Å²) in [6.45, 7) is 2.78. The molecule has 1 aliphatic heterocycles. The second-order valence-corrected chi connectivity index (χ2v) is 6.43. The fourth-order valence-electron chi connectivity index (χ4n) is 3.13. The van der Waals surface area contributed by atoms with Gasteiger partial charge in [0.25, 0.3) is 0 Å². The summed E-state index contributed by atoms with van der Waals surface area (Å²) in [5.74, 6) is 0.108. The van der Waals surface area contributed by atoms with Gasteiger partial charge in [-0.3, -0.25) is 4.79 Å². The lowest BCUT2D eigenvalue weighted by atomic mass is 9.98. The quantitative estimate of drug-likeness (QED) is 0.898. The van der Waals surface area contributed by atoms with E-state index in [1.807, 2.05) is 0 Å². The van der Waals surface area contributed by atoms with Crippen LogP contribution in [0.5, 0.6) is 0 Å². The van der Waals surface area contributed by atoms with Crippen LogP contribution in [0.1, 0.15) is 30.7 Å². The molecule has 0 aromatic heterocycles. The van der Waals surface area contributed by atoms with Gasteiger partial charge in [0.15, 0.2) is 0 Å². The first-order valence-electron chi connectivity index (χ1n) is 7.59. The van der Waals surface area contributed by atoms with Gasteiger partial charge in [-0.15, -0.1) is 0 Å². The zero-order valence-electron chi connectivity index (χ0n) is 11.9. The molecule has 1 aromatic carbocycles. The Labute approximate surface area is 129 Å². The van der Waals surface area contributed by atoms with Crippen molar-refractivity contribution in [1.82, 2.24) is 10.6 Å². The van der Waals surface area contributed by atoms with E-state index in [-0.39, 0.29) is 23.6 Å². The molecule has 1 saturated carbocycles. The molecular weight excluding hydrogens is 291 g/mol. The van der Waals surface area contributed by atoms with Gasteiger partial charge >= 0.3 is 0 Å². The lowest BCUT2D eigenvalue weighted by Crippen LogP contribution is -2.36. The van der Waals surface area contributed by atoms with E-state index in [1.165, 1.54) is 6.07 Å². The predicted octanol–water partition coefficient (Wildman–Crippen LogP) is 2.70. The van der Waals surface area contributed by atoms with Gasteiger partial charge in [0.1, 0.15) is 5.82 Å². The molecule has 0 unspecified atom stereocenters. The van der Waals surface area contributed by atoms with Gasteiger partial charge in [0.2, 0.25) is 5.91 Å². The van der Waals surface area contributed by atoms with Crippen LogP contribution in [0, 0.1) is 17.7 Å². The third-order valence-electron chi connectivity index (χ3n) is 4.52. The van der Waals surface area contributed by atoms with Gasteiger partial charge in [-0.25, -0.2) is 4.39 Å². The minimum atomic E-state index is -0.304. The van der Waals surface area contributed by atoms with Crippen molar-refractivity contribution in [1.29, 1.82) is 0 Å². The molecule has 1 saturated heterocycles. The zero-order chi connectivity index (χ0) is 14.8. The lowest BCUT2D eigenvalue weighted by Gasteiger charge is -2.22. The largest absolute Gasteiger partial charge is 0.356 e. The van der Waals surface area contributed by atoms with Gasteiger partial charge in [-0.1, -0.05) is 17.7 Å². The van der Waals surface area contributed by atoms with Crippen LogP contribution in [0.25, 0.3) is 0 Å². The Morgan fingerprint density at radius 1 is 1.38 bits per heavy atom. The number of hydrogen-bond acceptors (Lipinski definition) is 2. The van der Waals surface area contributed by atoms with Crippen molar-refractivity contribution in [2.24, 2.45) is 11.8 Å². The summed E-state index contributed by atoms with van der Waals surface area (Å²) in [6.07, 6.45) is 2.90. The molecule has 1 aromatic rings. The smallest absolute Gasteiger partial charge is 0.223 e. The highest BCUT2D eigenvalue weighted by molar-refractivity contribution is 6.31. The highest BCUT2D eigenvalue weighted by Crippen LogP contribution is 2.50. The number of nitrogens with one attached hydrogen (secondary N) is 2. The van der Waals surface area contributed by atoms with Gasteiger partial charge in [-0.05, 0) is 50.4 Å². The molecule has 2 N–H and O–H groups in total. The van der Waals surface area contributed by atoms with Gasteiger partial charge < -0.3 is 10.6 Å². The van der Waals surface area contributed by atoms with E-state index in [4.69, 9.17) is 11.6 Å². The van der Waals surface area contributed by atoms with Gasteiger partial charge in [-0.2, -0.15) is 0 Å². The van der Waals surface area contributed by atoms with Crippen LogP contribution in [0.2, 0.25) is 5.02 Å². The minimum absolute atomic E-state index is 0.0397. The summed E-state index contributed by atoms with van der Waals surface area (Å²) in [7, 11) is 0. The lowest BCUT2D eigenvalue weighted by molar-refractivity contribution is -0.122. The highest BCUT2D eigenvalue weighted by atomic mass is 35.5. The van der Waals surface area contributed by atoms with Crippen molar-refractivity contribution in [2.45, 2.75) is 25.2 Å². The number of carbonyl (C=O) groups is 1. The molecule has 2 atom stereocenters. The third-order valence-corrected chi connectivity index (χ3v) is 4.85. The van der Waals surface area contributed by atoms with Crippen LogP contribution in [0.4, 0.5) is 4.39 Å². The van der Waals surface area contributed by atoms with Crippen LogP contribution >= 0.6 is 11.6 Å². The van der Waals surface area contributed by atoms with Crippen LogP contribution in [-0.2, 0) is 4.79 Å². The molecule has 0 spiro atoms. The summed E-state index contributed by atoms with van der Waals surface area (Å²) < 4.78 is 13.8. The Morgan fingerprint density at radius 3 is 2.86 bits per heavy atom. The van der Waals surface area contributed by atoms with E-state index in [0.717, 1.165) is 32.5 Å². The third kappa shape index (κ3) is 3.38. The Hall–Kier alpha value is -1.13. The zero-order valence-corrected chi connectivity index (χ0v) is 12.6. The summed E-state index contributed by atoms with van der Waals surface area (Å²) in [6, 6.07) is 4.68. The average Bonchev–Trinajstić information content (AvgIpc) is 3.26. The first-order valence-corrected chi connectivity index (χ1v) is 7.97. The number of halogens is 2. The fraction of sp³-hybridized carbons (Fsp3) is 0.562. The van der Waals surface area contributed by atoms with Crippen molar-refractivity contribution in [2.75, 3.05) is 19.6 Å². The molecular formula is C16H20ClFN2O. The Kier molecular flexibility index (Phi) is 4.45. The number of amides is 1. The molecule has 1 amide bonds. The second-order valence-electron chi connectivity index (χ2n) is 6.02. The number of carbonyl (C=O) groups excluding carboxylic acids is 1. The molecule has 21 heavy (non-hydrogen) atoms. The second kappa shape index (κ2) is 6.32. The van der Waals surface area contributed by atoms with Crippen LogP contribution in [-0.4, -0.2) is 25.5 Å². The monoisotopic (exact) mass is 310 g/mol. The van der Waals surface area contributed by atoms with Crippen LogP contribution in [0.3, 0.4) is 0 Å². The molecule has 114 valence electrons. The van der Waals surface area contributed by atoms with Crippen molar-refractivity contribution < 1.29 is 9.18 Å². The average molecular weight is 311 g/mol. The van der Waals surface area contributed by atoms with Gasteiger partial charge in [0, 0.05) is 29.0 Å². The molecule has 2 aliphatic rings. The van der Waals surface area contributed by atoms with E-state index < -0.39 is 0 Å². The Morgan fingerprint density at radius 2 is 2.14 bits per heavy atom. The first kappa shape index (κ1) is 14.8. The maximum absolute atomic E-state index is 13.8. The van der Waals surface area contributed by atoms with Crippen molar-refractivity contribution in [3.05, 3.63) is 34.6 Å². The Bertz CT molecular complexity index is 511. The summed E-state index contributed by atoms with van der Waals surface area (Å²) >= 11 is 6.05. The molecule has 0 radical (unpaired) electrons. The predicted molar refractivity (Wildman–Crippen MR) is 80.9 cm³/mol. The molecule has 1 heterocycles. The first-order chi connectivity index (χ1) is 10.2. The summed E-state index contributed by atoms with van der Waals surface area (Å²) in [5.41, 5.74) is 0.501. The number of piperidine rings is 1. The van der Waals surface area contributed by atoms with Crippen LogP contribution < -0.4 is 10.6 Å². The molecule has 5 heteroatoms. The van der Waals surface area contributed by atoms with E-state index in [9.17, 15) is 9.18 Å². The van der Waals surface area contributed by atoms with E-state index in [2.05, 4.69) is 10.6 Å². The standard InChI is InChI=1S/C16H20ClFN2O/c17-13-2-1-3-14(18)15(13)11-8-12(11)16(21)20-9-10-4-6-19-7-5-10/h1-3,10-12,19H,4-9H2,(H,20,21)/t11-,12+/m1/s1. The normalized spacial score (nSPS) is 25.6. The highest BCUT2D eigenvalue weighted by Gasteiger charge is 2.46. The number of rotatable bonds is 4. The van der Waals surface area contributed by atoms with E-state index >= 15 is 0 Å². The topological polar surface area (TPSA) is 41.1 Å². The molecule has 3 rings (SSSR count). The minimum Gasteiger partial charge on any atom is -0.356 e. The Balaban J connectivity index is 1.53. The van der Waals surface area contributed by atoms with E-state index in [1.54, 1.807) is 12.1 Å². The SMILES string of the molecule is O=C(NCC1CCNCC1)[C@H]1C[C@H]1c1c(F)cccc1Cl. The van der Waals surface area contributed by atoms with E-state index in [0.29, 0.717) is 22.9 Å². The van der Waals surface area contributed by atoms with Crippen molar-refractivity contribution >= 4 is 17.5 Å². The maximum Gasteiger partial charge on any atom is 0.223 e. The summed E-state index contributed by atoms with van der Waals surface area (Å²) in [5, 5.41) is 6.75. The van der Waals surface area contributed by atoms with Gasteiger partial charge in [0.05, 0.1) is 0 Å². The maximum atomic E-state index is 13.8. The molecule has 0 bridgehead atoms. The summed E-state index contributed by atoms with van der Waals surface area (Å²) in [4.78, 5) is 12.2. The van der Waals surface area contributed by atoms with Crippen molar-refractivity contribution in [3.63, 3.8) is 0 Å². The van der Waals surface area contributed by atoms with Crippen molar-refractivity contribution in [3.8, 4) is 0 Å². The molecule has 3 nitrogen and oxygen atoms in total. The molecule has 2 fully saturated rings. The number of hydrogen-bond donors (Lipinski definition) is 2.